The molecule has 0 heterocycles. The summed E-state index contributed by atoms with van der Waals surface area (Å²) in [5, 5.41) is 6.86. The zero-order valence-corrected chi connectivity index (χ0v) is 19.6. The van der Waals surface area contributed by atoms with Crippen molar-refractivity contribution in [2.75, 3.05) is 51.6 Å². The molecular formula is C22H27N3O7S. The summed E-state index contributed by atoms with van der Waals surface area (Å²) >= 11 is 1.31. The maximum atomic E-state index is 12.0. The van der Waals surface area contributed by atoms with Crippen LogP contribution < -0.4 is 34.3 Å². The SMILES string of the molecule is COc1cc(OC)c(/C=C/SNc2ccc(OC)c(NC(=O)OCCNC=O)c2)c(OC)c1. The minimum Gasteiger partial charge on any atom is -0.496 e. The van der Waals surface area contributed by atoms with E-state index in [-0.39, 0.29) is 13.2 Å². The van der Waals surface area contributed by atoms with Crippen molar-refractivity contribution in [2.24, 2.45) is 0 Å². The predicted octanol–water partition coefficient (Wildman–Crippen LogP) is 3.75. The van der Waals surface area contributed by atoms with Crippen molar-refractivity contribution in [1.82, 2.24) is 5.32 Å². The van der Waals surface area contributed by atoms with Gasteiger partial charge in [0.25, 0.3) is 0 Å². The summed E-state index contributed by atoms with van der Waals surface area (Å²) in [5.41, 5.74) is 1.91. The minimum atomic E-state index is -0.663. The van der Waals surface area contributed by atoms with Crippen LogP contribution in [0, 0.1) is 0 Å². The number of amides is 2. The zero-order chi connectivity index (χ0) is 24.1. The Hall–Kier alpha value is -3.73. The summed E-state index contributed by atoms with van der Waals surface area (Å²) in [6.45, 7) is 0.270. The van der Waals surface area contributed by atoms with Crippen molar-refractivity contribution in [3.63, 3.8) is 0 Å². The molecule has 0 atom stereocenters. The van der Waals surface area contributed by atoms with Gasteiger partial charge in [0, 0.05) is 17.8 Å². The third-order valence-electron chi connectivity index (χ3n) is 4.23. The highest BCUT2D eigenvalue weighted by Gasteiger charge is 2.11. The average Bonchev–Trinajstić information content (AvgIpc) is 2.84. The number of hydrogen-bond acceptors (Lipinski definition) is 9. The number of nitrogens with one attached hydrogen (secondary N) is 3. The first-order valence-corrected chi connectivity index (χ1v) is 10.6. The molecule has 0 saturated heterocycles. The van der Waals surface area contributed by atoms with Gasteiger partial charge >= 0.3 is 6.09 Å². The largest absolute Gasteiger partial charge is 0.496 e. The summed E-state index contributed by atoms with van der Waals surface area (Å²) in [4.78, 5) is 22.2. The van der Waals surface area contributed by atoms with Crippen molar-refractivity contribution in [3.05, 3.63) is 41.3 Å². The summed E-state index contributed by atoms with van der Waals surface area (Å²) < 4.78 is 29.6. The smallest absolute Gasteiger partial charge is 0.411 e. The van der Waals surface area contributed by atoms with E-state index >= 15 is 0 Å². The lowest BCUT2D eigenvalue weighted by atomic mass is 10.1. The molecule has 2 rings (SSSR count). The second-order valence-electron chi connectivity index (χ2n) is 6.22. The first-order valence-electron chi connectivity index (χ1n) is 9.73. The molecule has 0 radical (unpaired) electrons. The van der Waals surface area contributed by atoms with Crippen LogP contribution in [0.15, 0.2) is 35.7 Å². The number of methoxy groups -OCH3 is 4. The van der Waals surface area contributed by atoms with Crippen LogP contribution >= 0.6 is 11.9 Å². The van der Waals surface area contributed by atoms with Crippen LogP contribution in [0.2, 0.25) is 0 Å². The fourth-order valence-corrected chi connectivity index (χ4v) is 3.21. The van der Waals surface area contributed by atoms with Gasteiger partial charge < -0.3 is 33.7 Å². The fourth-order valence-electron chi connectivity index (χ4n) is 2.68. The predicted molar refractivity (Wildman–Crippen MR) is 128 cm³/mol. The Balaban J connectivity index is 2.04. The van der Waals surface area contributed by atoms with Gasteiger partial charge in [0.15, 0.2) is 0 Å². The molecule has 0 fully saturated rings. The third kappa shape index (κ3) is 7.72. The van der Waals surface area contributed by atoms with Crippen molar-refractivity contribution in [1.29, 1.82) is 0 Å². The highest BCUT2D eigenvalue weighted by Crippen LogP contribution is 2.35. The maximum absolute atomic E-state index is 12.0. The van der Waals surface area contributed by atoms with Gasteiger partial charge in [0.2, 0.25) is 6.41 Å². The second kappa shape index (κ2) is 13.6. The average molecular weight is 478 g/mol. The fraction of sp³-hybridized carbons (Fsp3) is 0.273. The molecule has 3 N–H and O–H groups in total. The van der Waals surface area contributed by atoms with Crippen LogP contribution in [0.4, 0.5) is 16.2 Å². The van der Waals surface area contributed by atoms with Gasteiger partial charge in [0.05, 0.1) is 46.2 Å². The van der Waals surface area contributed by atoms with Crippen LogP contribution in [-0.4, -0.2) is 54.1 Å². The molecule has 2 amide bonds. The zero-order valence-electron chi connectivity index (χ0n) is 18.8. The summed E-state index contributed by atoms with van der Waals surface area (Å²) in [6.07, 6.45) is 1.72. The van der Waals surface area contributed by atoms with Gasteiger partial charge in [0.1, 0.15) is 29.6 Å². The number of carbonyl (C=O) groups is 2. The Morgan fingerprint density at radius 1 is 0.970 bits per heavy atom. The molecule has 0 saturated carbocycles. The maximum Gasteiger partial charge on any atom is 0.411 e. The summed E-state index contributed by atoms with van der Waals surface area (Å²) in [5.74, 6) is 2.32. The van der Waals surface area contributed by atoms with Crippen LogP contribution in [0.5, 0.6) is 23.0 Å². The molecule has 0 aliphatic carbocycles. The first kappa shape index (κ1) is 25.5. The van der Waals surface area contributed by atoms with E-state index in [0.717, 1.165) is 11.3 Å². The molecule has 2 aromatic rings. The third-order valence-corrected chi connectivity index (χ3v) is 4.86. The molecule has 33 heavy (non-hydrogen) atoms. The van der Waals surface area contributed by atoms with Crippen LogP contribution in [-0.2, 0) is 9.53 Å². The number of anilines is 2. The van der Waals surface area contributed by atoms with E-state index in [1.807, 2.05) is 11.5 Å². The molecular weight excluding hydrogens is 450 g/mol. The minimum absolute atomic E-state index is 0.0454. The van der Waals surface area contributed by atoms with E-state index in [0.29, 0.717) is 35.1 Å². The van der Waals surface area contributed by atoms with Gasteiger partial charge in [-0.2, -0.15) is 0 Å². The Kier molecular flexibility index (Phi) is 10.5. The monoisotopic (exact) mass is 477 g/mol. The van der Waals surface area contributed by atoms with Crippen LogP contribution in [0.3, 0.4) is 0 Å². The number of benzene rings is 2. The Labute approximate surface area is 196 Å². The molecule has 10 nitrogen and oxygen atoms in total. The lowest BCUT2D eigenvalue weighted by molar-refractivity contribution is -0.109. The molecule has 0 aliphatic rings. The van der Waals surface area contributed by atoms with Gasteiger partial charge in [-0.05, 0) is 41.6 Å². The van der Waals surface area contributed by atoms with Crippen molar-refractivity contribution < 1.29 is 33.3 Å². The molecule has 0 unspecified atom stereocenters. The van der Waals surface area contributed by atoms with Gasteiger partial charge in [-0.15, -0.1) is 0 Å². The van der Waals surface area contributed by atoms with E-state index in [9.17, 15) is 9.59 Å². The molecule has 0 aliphatic heterocycles. The lowest BCUT2D eigenvalue weighted by Gasteiger charge is -2.13. The van der Waals surface area contributed by atoms with E-state index in [1.165, 1.54) is 19.1 Å². The number of carbonyl (C=O) groups excluding carboxylic acids is 2. The van der Waals surface area contributed by atoms with E-state index in [1.54, 1.807) is 51.7 Å². The number of hydrogen-bond donors (Lipinski definition) is 3. The molecule has 0 spiro atoms. The van der Waals surface area contributed by atoms with Gasteiger partial charge in [-0.3, -0.25) is 10.1 Å². The first-order chi connectivity index (χ1) is 16.1. The summed E-state index contributed by atoms with van der Waals surface area (Å²) in [7, 11) is 6.23. The van der Waals surface area contributed by atoms with Crippen molar-refractivity contribution in [3.8, 4) is 23.0 Å². The Morgan fingerprint density at radius 3 is 2.27 bits per heavy atom. The van der Waals surface area contributed by atoms with Crippen LogP contribution in [0.1, 0.15) is 5.56 Å². The van der Waals surface area contributed by atoms with Gasteiger partial charge in [-0.25, -0.2) is 4.79 Å². The van der Waals surface area contributed by atoms with E-state index in [2.05, 4.69) is 15.4 Å². The summed E-state index contributed by atoms with van der Waals surface area (Å²) in [6, 6.07) is 8.77. The Bertz CT molecular complexity index is 944. The molecule has 0 bridgehead atoms. The molecule has 178 valence electrons. The number of rotatable bonds is 13. The highest BCUT2D eigenvalue weighted by atomic mass is 32.2. The van der Waals surface area contributed by atoms with Crippen molar-refractivity contribution >= 4 is 41.9 Å². The van der Waals surface area contributed by atoms with Gasteiger partial charge in [-0.1, -0.05) is 0 Å². The lowest BCUT2D eigenvalue weighted by Crippen LogP contribution is -2.22. The van der Waals surface area contributed by atoms with Crippen LogP contribution in [0.25, 0.3) is 6.08 Å². The van der Waals surface area contributed by atoms with E-state index < -0.39 is 6.09 Å². The second-order valence-corrected chi connectivity index (χ2v) is 6.93. The quantitative estimate of drug-likeness (QED) is 0.225. The molecule has 0 aromatic heterocycles. The standard InChI is InChI=1S/C22H27N3O7S/c1-28-16-12-20(30-3)17(21(13-16)31-4)7-10-33-25-15-5-6-19(29-2)18(11-15)24-22(27)32-9-8-23-14-26/h5-7,10-14,25H,8-9H2,1-4H3,(H,23,26)(H,24,27)/b10-7+. The molecule has 11 heteroatoms. The highest BCUT2D eigenvalue weighted by molar-refractivity contribution is 8.03. The topological polar surface area (TPSA) is 116 Å². The Morgan fingerprint density at radius 2 is 1.67 bits per heavy atom. The molecule has 2 aromatic carbocycles. The van der Waals surface area contributed by atoms with E-state index in [4.69, 9.17) is 23.7 Å². The van der Waals surface area contributed by atoms with Crippen molar-refractivity contribution in [2.45, 2.75) is 0 Å². The number of ether oxygens (including phenoxy) is 5. The normalized spacial score (nSPS) is 10.3.